The Labute approximate surface area is 254 Å². The molecule has 0 spiro atoms. The highest BCUT2D eigenvalue weighted by atomic mass is 16.5. The fourth-order valence-corrected chi connectivity index (χ4v) is 6.12. The predicted molar refractivity (Wildman–Crippen MR) is 173 cm³/mol. The van der Waals surface area contributed by atoms with Gasteiger partial charge in [-0.25, -0.2) is 15.0 Å². The van der Waals surface area contributed by atoms with Crippen molar-refractivity contribution in [2.45, 2.75) is 38.3 Å². The third-order valence-electron chi connectivity index (χ3n) is 8.52. The number of nitrogen functional groups attached to an aromatic ring is 1. The van der Waals surface area contributed by atoms with Crippen molar-refractivity contribution in [3.63, 3.8) is 0 Å². The van der Waals surface area contributed by atoms with E-state index in [0.29, 0.717) is 43.0 Å². The lowest BCUT2D eigenvalue weighted by Crippen LogP contribution is -2.47. The van der Waals surface area contributed by atoms with E-state index in [1.807, 2.05) is 29.2 Å². The summed E-state index contributed by atoms with van der Waals surface area (Å²) in [6, 6.07) is 16.5. The Kier molecular flexibility index (Phi) is 7.27. The fourth-order valence-electron chi connectivity index (χ4n) is 6.12. The van der Waals surface area contributed by atoms with Crippen molar-refractivity contribution in [3.8, 4) is 22.8 Å². The summed E-state index contributed by atoms with van der Waals surface area (Å²) in [5.74, 6) is 1.30. The van der Waals surface area contributed by atoms with Crippen LogP contribution in [0.25, 0.3) is 33.8 Å². The lowest BCUT2D eigenvalue weighted by Gasteiger charge is -2.34. The van der Waals surface area contributed by atoms with Crippen molar-refractivity contribution >= 4 is 28.2 Å². The number of anilines is 2. The zero-order valence-corrected chi connectivity index (χ0v) is 24.5. The first-order valence-electron chi connectivity index (χ1n) is 14.9. The highest BCUT2D eigenvalue weighted by molar-refractivity contribution is 5.85. The van der Waals surface area contributed by atoms with Gasteiger partial charge in [-0.3, -0.25) is 14.2 Å². The van der Waals surface area contributed by atoms with Crippen LogP contribution in [0.1, 0.15) is 36.9 Å². The van der Waals surface area contributed by atoms with Gasteiger partial charge in [-0.1, -0.05) is 30.4 Å². The zero-order valence-electron chi connectivity index (χ0n) is 24.5. The zero-order chi connectivity index (χ0) is 30.2. The smallest absolute Gasteiger partial charge is 0.272 e. The van der Waals surface area contributed by atoms with E-state index in [1.165, 1.54) is 7.11 Å². The Morgan fingerprint density at radius 1 is 1.00 bits per heavy atom. The van der Waals surface area contributed by atoms with Gasteiger partial charge in [0.15, 0.2) is 17.2 Å². The van der Waals surface area contributed by atoms with Gasteiger partial charge in [0.05, 0.1) is 18.4 Å². The van der Waals surface area contributed by atoms with Gasteiger partial charge in [-0.15, -0.1) is 0 Å². The topological polar surface area (TPSA) is 128 Å². The first-order chi connectivity index (χ1) is 21.5. The summed E-state index contributed by atoms with van der Waals surface area (Å²) in [6.45, 7) is 2.12. The van der Waals surface area contributed by atoms with Crippen LogP contribution < -0.4 is 31.5 Å². The van der Waals surface area contributed by atoms with Crippen molar-refractivity contribution in [2.24, 2.45) is 0 Å². The van der Waals surface area contributed by atoms with Crippen molar-refractivity contribution in [1.29, 1.82) is 0 Å². The van der Waals surface area contributed by atoms with Gasteiger partial charge in [0, 0.05) is 37.6 Å². The van der Waals surface area contributed by atoms with Crippen LogP contribution in [0, 0.1) is 0 Å². The van der Waals surface area contributed by atoms with Crippen molar-refractivity contribution < 1.29 is 4.74 Å². The number of hydrogen-bond acceptors (Lipinski definition) is 9. The standard InChI is InChI=1S/C34H33N7O3/c1-44-31-28(29(42)30(31)43)40-18-15-23(16-19-40)37-20-21-9-11-24(12-10-21)41-33(25-8-5-17-36-32(25)35)39-27-14-13-26(38-34(27)41)22-6-3-2-4-7-22/h3,5-14,17,23,37H,2,4,15-16,18-20H2,1H3,(H2,35,36). The van der Waals surface area contributed by atoms with Crippen LogP contribution in [0.3, 0.4) is 0 Å². The molecular formula is C34H33N7O3. The van der Waals surface area contributed by atoms with Gasteiger partial charge in [-0.05, 0) is 73.2 Å². The molecular weight excluding hydrogens is 554 g/mol. The average Bonchev–Trinajstić information content (AvgIpc) is 3.45. The Balaban J connectivity index is 1.12. The summed E-state index contributed by atoms with van der Waals surface area (Å²) in [5, 5.41) is 3.66. The summed E-state index contributed by atoms with van der Waals surface area (Å²) in [7, 11) is 1.43. The quantitative estimate of drug-likeness (QED) is 0.257. The van der Waals surface area contributed by atoms with Gasteiger partial charge in [-0.2, -0.15) is 0 Å². The fraction of sp³-hybridized carbons (Fsp3) is 0.265. The minimum absolute atomic E-state index is 0.191. The van der Waals surface area contributed by atoms with E-state index < -0.39 is 10.9 Å². The van der Waals surface area contributed by atoms with E-state index in [2.05, 4.69) is 57.4 Å². The predicted octanol–water partition coefficient (Wildman–Crippen LogP) is 4.16. The number of imidazole rings is 1. The number of methoxy groups -OCH3 is 1. The van der Waals surface area contributed by atoms with E-state index in [9.17, 15) is 9.59 Å². The molecule has 0 radical (unpaired) electrons. The van der Waals surface area contributed by atoms with E-state index in [0.717, 1.165) is 64.9 Å². The highest BCUT2D eigenvalue weighted by Gasteiger charge is 2.30. The number of rotatable bonds is 8. The molecule has 0 bridgehead atoms. The van der Waals surface area contributed by atoms with E-state index in [-0.39, 0.29) is 5.75 Å². The molecule has 0 saturated carbocycles. The van der Waals surface area contributed by atoms with Gasteiger partial charge >= 0.3 is 0 Å². The number of nitrogens with two attached hydrogens (primary N) is 1. The minimum Gasteiger partial charge on any atom is -0.491 e. The van der Waals surface area contributed by atoms with Crippen LogP contribution in [-0.4, -0.2) is 45.8 Å². The molecule has 1 aliphatic heterocycles. The molecule has 44 heavy (non-hydrogen) atoms. The number of pyridine rings is 2. The summed E-state index contributed by atoms with van der Waals surface area (Å²) in [5.41, 5.74) is 12.2. The van der Waals surface area contributed by atoms with Gasteiger partial charge in [0.25, 0.3) is 10.9 Å². The number of nitrogens with one attached hydrogen (secondary N) is 1. The number of fused-ring (bicyclic) bond motifs is 1. The molecule has 222 valence electrons. The molecule has 2 aromatic carbocycles. The molecule has 7 rings (SSSR count). The number of benzene rings is 1. The average molecular weight is 588 g/mol. The van der Waals surface area contributed by atoms with Crippen LogP contribution >= 0.6 is 0 Å². The molecule has 10 nitrogen and oxygen atoms in total. The Morgan fingerprint density at radius 2 is 1.82 bits per heavy atom. The van der Waals surface area contributed by atoms with Gasteiger partial charge in [0.2, 0.25) is 0 Å². The number of aromatic nitrogens is 4. The van der Waals surface area contributed by atoms with Crippen LogP contribution in [-0.2, 0) is 6.54 Å². The molecule has 0 atom stereocenters. The summed E-state index contributed by atoms with van der Waals surface area (Å²) in [4.78, 5) is 40.1. The van der Waals surface area contributed by atoms with Gasteiger partial charge in [0.1, 0.15) is 17.0 Å². The Hall–Kier alpha value is -5.09. The van der Waals surface area contributed by atoms with E-state index in [1.54, 1.807) is 6.20 Å². The molecule has 1 fully saturated rings. The normalized spacial score (nSPS) is 15.7. The number of ether oxygens (including phenoxy) is 1. The molecule has 10 heteroatoms. The van der Waals surface area contributed by atoms with Crippen LogP contribution in [0.4, 0.5) is 11.5 Å². The Bertz CT molecular complexity index is 1980. The minimum atomic E-state index is -0.527. The second-order valence-electron chi connectivity index (χ2n) is 11.2. The molecule has 4 heterocycles. The Morgan fingerprint density at radius 3 is 2.55 bits per heavy atom. The number of nitrogens with zero attached hydrogens (tertiary/aromatic N) is 5. The second kappa shape index (κ2) is 11.5. The van der Waals surface area contributed by atoms with Gasteiger partial charge < -0.3 is 20.7 Å². The molecule has 0 unspecified atom stereocenters. The van der Waals surface area contributed by atoms with Crippen LogP contribution in [0.5, 0.6) is 5.75 Å². The third kappa shape index (κ3) is 4.97. The first kappa shape index (κ1) is 27.7. The summed E-state index contributed by atoms with van der Waals surface area (Å²) < 4.78 is 7.18. The molecule has 5 aromatic rings. The van der Waals surface area contributed by atoms with E-state index >= 15 is 0 Å². The largest absolute Gasteiger partial charge is 0.491 e. The van der Waals surface area contributed by atoms with E-state index in [4.69, 9.17) is 20.4 Å². The van der Waals surface area contributed by atoms with Crippen molar-refractivity contribution in [3.05, 3.63) is 105 Å². The molecule has 3 aromatic heterocycles. The van der Waals surface area contributed by atoms with Crippen molar-refractivity contribution in [1.82, 2.24) is 24.8 Å². The maximum atomic E-state index is 12.0. The third-order valence-corrected chi connectivity index (χ3v) is 8.52. The van der Waals surface area contributed by atoms with Crippen molar-refractivity contribution in [2.75, 3.05) is 30.8 Å². The lowest BCUT2D eigenvalue weighted by atomic mass is 10.0. The first-order valence-corrected chi connectivity index (χ1v) is 14.9. The summed E-state index contributed by atoms with van der Waals surface area (Å²) in [6.07, 6.45) is 12.0. The molecule has 3 N–H and O–H groups in total. The maximum absolute atomic E-state index is 12.0. The number of hydrogen-bond donors (Lipinski definition) is 2. The van der Waals surface area contributed by atoms with Crippen LogP contribution in [0.15, 0.2) is 82.5 Å². The molecule has 2 aliphatic rings. The number of allylic oxidation sites excluding steroid dienone is 4. The monoisotopic (exact) mass is 587 g/mol. The maximum Gasteiger partial charge on any atom is 0.272 e. The second-order valence-corrected chi connectivity index (χ2v) is 11.2. The number of piperidine rings is 1. The molecule has 0 amide bonds. The molecule has 1 aliphatic carbocycles. The van der Waals surface area contributed by atoms with Crippen LogP contribution in [0.2, 0.25) is 0 Å². The highest BCUT2D eigenvalue weighted by Crippen LogP contribution is 2.32. The molecule has 1 saturated heterocycles. The lowest BCUT2D eigenvalue weighted by molar-refractivity contribution is 0.390. The SMILES string of the molecule is COc1c(N2CCC(NCc3ccc(-n4c(-c5cccnc5N)nc5ccc(C6=CCCC=C6)nc54)cc3)CC2)c(=O)c1=O. The summed E-state index contributed by atoms with van der Waals surface area (Å²) >= 11 is 0.